The molecular weight excluding hydrogens is 188 g/mol. The highest BCUT2D eigenvalue weighted by molar-refractivity contribution is 5.80. The minimum atomic E-state index is 0.553. The Morgan fingerprint density at radius 3 is 3.20 bits per heavy atom. The molecule has 78 valence electrons. The van der Waals surface area contributed by atoms with Gasteiger partial charge in [-0.15, -0.1) is 0 Å². The van der Waals surface area contributed by atoms with E-state index < -0.39 is 0 Å². The first-order valence-electron chi connectivity index (χ1n) is 5.36. The van der Waals surface area contributed by atoms with Gasteiger partial charge in [0.05, 0.1) is 6.26 Å². The van der Waals surface area contributed by atoms with E-state index in [-0.39, 0.29) is 0 Å². The molecule has 2 aromatic rings. The zero-order chi connectivity index (χ0) is 10.1. The van der Waals surface area contributed by atoms with Gasteiger partial charge in [-0.25, -0.2) is 0 Å². The molecule has 15 heavy (non-hydrogen) atoms. The first-order chi connectivity index (χ1) is 7.42. The molecule has 2 heterocycles. The standard InChI is InChI=1S/C12H14N2O/c1-2-10(14-11-3-5-13-8-11)7-12-9(1)4-6-15-12/h1-2,4,6-7,11,13-14H,3,5,8H2/t11-/m1/s1. The Kier molecular flexibility index (Phi) is 2.10. The second kappa shape index (κ2) is 3.59. The van der Waals surface area contributed by atoms with Gasteiger partial charge >= 0.3 is 0 Å². The van der Waals surface area contributed by atoms with Crippen molar-refractivity contribution in [2.24, 2.45) is 0 Å². The van der Waals surface area contributed by atoms with E-state index in [1.165, 1.54) is 6.42 Å². The molecule has 2 N–H and O–H groups in total. The normalized spacial score (nSPS) is 20.9. The Hall–Kier alpha value is -1.48. The second-order valence-corrected chi connectivity index (χ2v) is 4.01. The van der Waals surface area contributed by atoms with Crippen LogP contribution in [0.15, 0.2) is 34.9 Å². The SMILES string of the molecule is c1cc2ccc(N[C@@H]3CCNC3)cc2o1. The molecule has 1 atom stereocenters. The number of fused-ring (bicyclic) bond motifs is 1. The van der Waals surface area contributed by atoms with Crippen LogP contribution in [-0.4, -0.2) is 19.1 Å². The van der Waals surface area contributed by atoms with Gasteiger partial charge in [-0.2, -0.15) is 0 Å². The van der Waals surface area contributed by atoms with Gasteiger partial charge in [-0.05, 0) is 31.2 Å². The minimum Gasteiger partial charge on any atom is -0.464 e. The topological polar surface area (TPSA) is 37.2 Å². The molecule has 0 bridgehead atoms. The van der Waals surface area contributed by atoms with Crippen LogP contribution in [0.3, 0.4) is 0 Å². The highest BCUT2D eigenvalue weighted by atomic mass is 16.3. The van der Waals surface area contributed by atoms with Crippen molar-refractivity contribution in [3.8, 4) is 0 Å². The molecule has 0 amide bonds. The molecule has 0 unspecified atom stereocenters. The van der Waals surface area contributed by atoms with Gasteiger partial charge in [0.2, 0.25) is 0 Å². The van der Waals surface area contributed by atoms with E-state index in [9.17, 15) is 0 Å². The summed E-state index contributed by atoms with van der Waals surface area (Å²) in [5.41, 5.74) is 2.09. The maximum atomic E-state index is 5.37. The van der Waals surface area contributed by atoms with Gasteiger partial charge in [0.15, 0.2) is 0 Å². The number of anilines is 1. The molecule has 0 aliphatic carbocycles. The van der Waals surface area contributed by atoms with Crippen molar-refractivity contribution in [1.29, 1.82) is 0 Å². The third-order valence-corrected chi connectivity index (χ3v) is 2.89. The lowest BCUT2D eigenvalue weighted by molar-refractivity contribution is 0.616. The minimum absolute atomic E-state index is 0.553. The van der Waals surface area contributed by atoms with E-state index in [0.717, 1.165) is 29.7 Å². The van der Waals surface area contributed by atoms with Gasteiger partial charge in [-0.1, -0.05) is 0 Å². The molecule has 1 aromatic carbocycles. The first-order valence-corrected chi connectivity index (χ1v) is 5.36. The molecule has 3 rings (SSSR count). The van der Waals surface area contributed by atoms with Crippen LogP contribution in [0, 0.1) is 0 Å². The van der Waals surface area contributed by atoms with Crippen LogP contribution >= 0.6 is 0 Å². The number of benzene rings is 1. The Balaban J connectivity index is 1.84. The van der Waals surface area contributed by atoms with Gasteiger partial charge in [-0.3, -0.25) is 0 Å². The summed E-state index contributed by atoms with van der Waals surface area (Å²) in [6, 6.07) is 8.79. The summed E-state index contributed by atoms with van der Waals surface area (Å²) in [7, 11) is 0. The van der Waals surface area contributed by atoms with Crippen LogP contribution in [0.4, 0.5) is 5.69 Å². The summed E-state index contributed by atoms with van der Waals surface area (Å²) >= 11 is 0. The third kappa shape index (κ3) is 1.70. The summed E-state index contributed by atoms with van der Waals surface area (Å²) in [4.78, 5) is 0. The quantitative estimate of drug-likeness (QED) is 0.784. The van der Waals surface area contributed by atoms with Crippen molar-refractivity contribution >= 4 is 16.7 Å². The predicted molar refractivity (Wildman–Crippen MR) is 61.1 cm³/mol. The molecule has 3 nitrogen and oxygen atoms in total. The largest absolute Gasteiger partial charge is 0.464 e. The molecule has 3 heteroatoms. The van der Waals surface area contributed by atoms with Crippen molar-refractivity contribution < 1.29 is 4.42 Å². The number of hydrogen-bond donors (Lipinski definition) is 2. The number of rotatable bonds is 2. The van der Waals surface area contributed by atoms with Crippen LogP contribution < -0.4 is 10.6 Å². The molecule has 0 radical (unpaired) electrons. The van der Waals surface area contributed by atoms with Gasteiger partial charge in [0.25, 0.3) is 0 Å². The Morgan fingerprint density at radius 2 is 2.33 bits per heavy atom. The summed E-state index contributed by atoms with van der Waals surface area (Å²) in [6.07, 6.45) is 2.92. The molecule has 0 saturated carbocycles. The zero-order valence-corrected chi connectivity index (χ0v) is 8.49. The zero-order valence-electron chi connectivity index (χ0n) is 8.49. The van der Waals surface area contributed by atoms with Crippen molar-refractivity contribution in [3.63, 3.8) is 0 Å². The third-order valence-electron chi connectivity index (χ3n) is 2.89. The predicted octanol–water partition coefficient (Wildman–Crippen LogP) is 2.21. The lowest BCUT2D eigenvalue weighted by Gasteiger charge is -2.12. The van der Waals surface area contributed by atoms with Gasteiger partial charge in [0, 0.05) is 29.7 Å². The smallest absolute Gasteiger partial charge is 0.135 e. The molecule has 1 aliphatic rings. The van der Waals surface area contributed by atoms with Crippen molar-refractivity contribution in [2.75, 3.05) is 18.4 Å². The maximum Gasteiger partial charge on any atom is 0.135 e. The van der Waals surface area contributed by atoms with Crippen LogP contribution in [-0.2, 0) is 0 Å². The Morgan fingerprint density at radius 1 is 1.33 bits per heavy atom. The number of furan rings is 1. The van der Waals surface area contributed by atoms with E-state index in [1.54, 1.807) is 6.26 Å². The van der Waals surface area contributed by atoms with Crippen LogP contribution in [0.5, 0.6) is 0 Å². The summed E-state index contributed by atoms with van der Waals surface area (Å²) in [5, 5.41) is 8.00. The lowest BCUT2D eigenvalue weighted by atomic mass is 10.2. The van der Waals surface area contributed by atoms with Crippen molar-refractivity contribution in [1.82, 2.24) is 5.32 Å². The Bertz CT molecular complexity index is 457. The average molecular weight is 202 g/mol. The molecule has 1 fully saturated rings. The van der Waals surface area contributed by atoms with E-state index >= 15 is 0 Å². The van der Waals surface area contributed by atoms with Gasteiger partial charge < -0.3 is 15.1 Å². The summed E-state index contributed by atoms with van der Waals surface area (Å²) in [6.45, 7) is 2.16. The van der Waals surface area contributed by atoms with E-state index in [1.807, 2.05) is 6.07 Å². The fourth-order valence-electron chi connectivity index (χ4n) is 2.06. The molecule has 1 saturated heterocycles. The van der Waals surface area contributed by atoms with Gasteiger partial charge in [0.1, 0.15) is 5.58 Å². The van der Waals surface area contributed by atoms with Crippen LogP contribution in [0.2, 0.25) is 0 Å². The highest BCUT2D eigenvalue weighted by Gasteiger charge is 2.13. The fourth-order valence-corrected chi connectivity index (χ4v) is 2.06. The second-order valence-electron chi connectivity index (χ2n) is 4.01. The highest BCUT2D eigenvalue weighted by Crippen LogP contribution is 2.21. The van der Waals surface area contributed by atoms with Crippen molar-refractivity contribution in [3.05, 3.63) is 30.5 Å². The number of nitrogens with one attached hydrogen (secondary N) is 2. The monoisotopic (exact) mass is 202 g/mol. The fraction of sp³-hybridized carbons (Fsp3) is 0.333. The van der Waals surface area contributed by atoms with Crippen LogP contribution in [0.1, 0.15) is 6.42 Å². The van der Waals surface area contributed by atoms with Crippen LogP contribution in [0.25, 0.3) is 11.0 Å². The van der Waals surface area contributed by atoms with E-state index in [2.05, 4.69) is 28.8 Å². The maximum absolute atomic E-state index is 5.37. The molecule has 1 aromatic heterocycles. The first kappa shape index (κ1) is 8.80. The van der Waals surface area contributed by atoms with E-state index in [4.69, 9.17) is 4.42 Å². The average Bonchev–Trinajstić information content (AvgIpc) is 2.87. The molecule has 0 spiro atoms. The number of hydrogen-bond acceptors (Lipinski definition) is 3. The summed E-state index contributed by atoms with van der Waals surface area (Å²) in [5.74, 6) is 0. The van der Waals surface area contributed by atoms with E-state index in [0.29, 0.717) is 6.04 Å². The summed E-state index contributed by atoms with van der Waals surface area (Å²) < 4.78 is 5.37. The van der Waals surface area contributed by atoms with Crippen molar-refractivity contribution in [2.45, 2.75) is 12.5 Å². The Labute approximate surface area is 88.5 Å². The molecular formula is C12H14N2O. The molecule has 1 aliphatic heterocycles. The lowest BCUT2D eigenvalue weighted by Crippen LogP contribution is -2.21.